The highest BCUT2D eigenvalue weighted by Gasteiger charge is 2.46. The molecule has 0 unspecified atom stereocenters. The fourth-order valence-corrected chi connectivity index (χ4v) is 10.9. The summed E-state index contributed by atoms with van der Waals surface area (Å²) in [4.78, 5) is 2.40. The third-order valence-corrected chi connectivity index (χ3v) is 13.4. The van der Waals surface area contributed by atoms with Gasteiger partial charge in [0, 0.05) is 33.9 Å². The fourth-order valence-electron chi connectivity index (χ4n) is 10.9. The number of nitrogens with zero attached hydrogens (tertiary/aromatic N) is 1. The van der Waals surface area contributed by atoms with Crippen molar-refractivity contribution < 1.29 is 4.42 Å². The summed E-state index contributed by atoms with van der Waals surface area (Å²) in [7, 11) is 0. The van der Waals surface area contributed by atoms with Crippen molar-refractivity contribution in [1.82, 2.24) is 0 Å². The normalized spacial score (nSPS) is 14.3. The van der Waals surface area contributed by atoms with Gasteiger partial charge in [-0.15, -0.1) is 0 Å². The van der Waals surface area contributed by atoms with Gasteiger partial charge in [0.25, 0.3) is 0 Å². The SMILES string of the molecule is CC1(C)Cc2ccccc2-c2cccc(-c3ccc(N(c4ccc5c(c4)C(c4ccccc4)(c4ccccc4)c4ccccc4-5)c4ccc5c(c4)oc4ccccc45)cc3)c21. The molecule has 0 saturated carbocycles. The fraction of sp³-hybridized carbons (Fsp3) is 0.0847. The Hall–Kier alpha value is -7.42. The van der Waals surface area contributed by atoms with Gasteiger partial charge >= 0.3 is 0 Å². The van der Waals surface area contributed by atoms with Crippen molar-refractivity contribution >= 4 is 39.0 Å². The first-order valence-electron chi connectivity index (χ1n) is 21.4. The average molecular weight is 782 g/mol. The molecule has 2 aliphatic rings. The second kappa shape index (κ2) is 13.6. The second-order valence-corrected chi connectivity index (χ2v) is 17.4. The number of furan rings is 1. The summed E-state index contributed by atoms with van der Waals surface area (Å²) in [5, 5.41) is 2.24. The van der Waals surface area contributed by atoms with E-state index in [0.29, 0.717) is 0 Å². The third kappa shape index (κ3) is 5.35. The number of para-hydroxylation sites is 1. The van der Waals surface area contributed by atoms with Crippen molar-refractivity contribution in [3.05, 3.63) is 246 Å². The van der Waals surface area contributed by atoms with Gasteiger partial charge in [-0.05, 0) is 121 Å². The average Bonchev–Trinajstić information content (AvgIpc) is 3.83. The maximum atomic E-state index is 6.53. The molecule has 61 heavy (non-hydrogen) atoms. The molecule has 0 amide bonds. The topological polar surface area (TPSA) is 16.4 Å². The van der Waals surface area contributed by atoms with Crippen LogP contribution < -0.4 is 4.90 Å². The van der Waals surface area contributed by atoms with Crippen LogP contribution in [0.5, 0.6) is 0 Å². The molecular formula is C59H43NO. The molecular weight excluding hydrogens is 739 g/mol. The van der Waals surface area contributed by atoms with Gasteiger partial charge in [-0.25, -0.2) is 0 Å². The minimum atomic E-state index is -0.513. The van der Waals surface area contributed by atoms with E-state index in [-0.39, 0.29) is 5.41 Å². The molecule has 2 nitrogen and oxygen atoms in total. The van der Waals surface area contributed by atoms with E-state index in [2.05, 4.69) is 225 Å². The molecule has 2 heteroatoms. The van der Waals surface area contributed by atoms with E-state index in [1.165, 1.54) is 66.8 Å². The Morgan fingerprint density at radius 1 is 0.410 bits per heavy atom. The van der Waals surface area contributed by atoms with Crippen molar-refractivity contribution in [2.24, 2.45) is 0 Å². The van der Waals surface area contributed by atoms with Crippen molar-refractivity contribution in [3.63, 3.8) is 0 Å². The number of fused-ring (bicyclic) bond motifs is 9. The molecule has 2 aliphatic carbocycles. The second-order valence-electron chi connectivity index (χ2n) is 17.4. The molecule has 0 bridgehead atoms. The summed E-state index contributed by atoms with van der Waals surface area (Å²) in [5.74, 6) is 0. The number of anilines is 3. The highest BCUT2D eigenvalue weighted by molar-refractivity contribution is 6.06. The minimum absolute atomic E-state index is 0.0149. The molecule has 1 aromatic heterocycles. The Morgan fingerprint density at radius 2 is 0.984 bits per heavy atom. The van der Waals surface area contributed by atoms with Crippen LogP contribution >= 0.6 is 0 Å². The molecule has 12 rings (SSSR count). The van der Waals surface area contributed by atoms with E-state index in [0.717, 1.165) is 45.4 Å². The summed E-state index contributed by atoms with van der Waals surface area (Å²) in [5.41, 5.74) is 20.1. The van der Waals surface area contributed by atoms with Crippen LogP contribution in [0, 0.1) is 0 Å². The molecule has 0 atom stereocenters. The van der Waals surface area contributed by atoms with Gasteiger partial charge in [0.1, 0.15) is 11.2 Å². The lowest BCUT2D eigenvalue weighted by atomic mass is 9.67. The highest BCUT2D eigenvalue weighted by atomic mass is 16.3. The van der Waals surface area contributed by atoms with Crippen LogP contribution in [0.2, 0.25) is 0 Å². The van der Waals surface area contributed by atoms with Crippen molar-refractivity contribution in [2.75, 3.05) is 4.90 Å². The van der Waals surface area contributed by atoms with Crippen LogP contribution in [0.15, 0.2) is 217 Å². The summed E-state index contributed by atoms with van der Waals surface area (Å²) < 4.78 is 6.53. The van der Waals surface area contributed by atoms with Crippen LogP contribution in [0.3, 0.4) is 0 Å². The zero-order valence-electron chi connectivity index (χ0n) is 34.3. The molecule has 0 spiro atoms. The van der Waals surface area contributed by atoms with Crippen LogP contribution in [0.1, 0.15) is 47.2 Å². The smallest absolute Gasteiger partial charge is 0.137 e. The Labute approximate surface area is 357 Å². The first-order valence-corrected chi connectivity index (χ1v) is 21.4. The minimum Gasteiger partial charge on any atom is -0.456 e. The molecule has 0 aliphatic heterocycles. The Bertz CT molecular complexity index is 3260. The number of rotatable bonds is 6. The van der Waals surface area contributed by atoms with Gasteiger partial charge in [0.05, 0.1) is 5.41 Å². The third-order valence-electron chi connectivity index (χ3n) is 13.4. The quantitative estimate of drug-likeness (QED) is 0.167. The zero-order valence-corrected chi connectivity index (χ0v) is 34.3. The van der Waals surface area contributed by atoms with Crippen LogP contribution in [0.25, 0.3) is 55.3 Å². The largest absolute Gasteiger partial charge is 0.456 e. The van der Waals surface area contributed by atoms with Crippen molar-refractivity contribution in [1.29, 1.82) is 0 Å². The van der Waals surface area contributed by atoms with Gasteiger partial charge in [-0.3, -0.25) is 0 Å². The standard InChI is InChI=1S/C59H43NO/c1-58(2)38-40-16-9-10-21-46(40)52-25-15-24-47(57(52)58)39-28-30-43(31-29-39)60(45-33-35-51-50-23-12-14-27-55(50)61-56(51)37-45)44-32-34-49-48-22-11-13-26-53(48)59(54(49)36-44,41-17-5-3-6-18-41)42-19-7-4-8-20-42/h3-37H,38H2,1-2H3. The van der Waals surface area contributed by atoms with E-state index in [4.69, 9.17) is 4.42 Å². The first kappa shape index (κ1) is 35.5. The van der Waals surface area contributed by atoms with Crippen LogP contribution in [0.4, 0.5) is 17.1 Å². The summed E-state index contributed by atoms with van der Waals surface area (Å²) in [6, 6.07) is 78.1. The number of benzene rings is 9. The van der Waals surface area contributed by atoms with Crippen molar-refractivity contribution in [3.8, 4) is 33.4 Å². The predicted molar refractivity (Wildman–Crippen MR) is 253 cm³/mol. The van der Waals surface area contributed by atoms with Crippen LogP contribution in [-0.4, -0.2) is 0 Å². The summed E-state index contributed by atoms with van der Waals surface area (Å²) in [6.45, 7) is 4.79. The van der Waals surface area contributed by atoms with Gasteiger partial charge < -0.3 is 9.32 Å². The number of hydrogen-bond acceptors (Lipinski definition) is 2. The Morgan fingerprint density at radius 3 is 1.77 bits per heavy atom. The first-order chi connectivity index (χ1) is 30.0. The molecule has 0 N–H and O–H groups in total. The number of hydrogen-bond donors (Lipinski definition) is 0. The monoisotopic (exact) mass is 781 g/mol. The Kier molecular flexibility index (Phi) is 7.89. The molecule has 1 heterocycles. The van der Waals surface area contributed by atoms with E-state index in [1.807, 2.05) is 6.07 Å². The lowest BCUT2D eigenvalue weighted by Gasteiger charge is -2.36. The summed E-state index contributed by atoms with van der Waals surface area (Å²) >= 11 is 0. The van der Waals surface area contributed by atoms with E-state index < -0.39 is 5.41 Å². The Balaban J connectivity index is 1.06. The van der Waals surface area contributed by atoms with E-state index in [1.54, 1.807) is 0 Å². The maximum Gasteiger partial charge on any atom is 0.137 e. The van der Waals surface area contributed by atoms with Crippen molar-refractivity contribution in [2.45, 2.75) is 31.1 Å². The molecule has 0 radical (unpaired) electrons. The predicted octanol–water partition coefficient (Wildman–Crippen LogP) is 15.6. The molecule has 290 valence electrons. The van der Waals surface area contributed by atoms with Crippen LogP contribution in [-0.2, 0) is 17.3 Å². The van der Waals surface area contributed by atoms with Gasteiger partial charge in [0.2, 0.25) is 0 Å². The molecule has 0 saturated heterocycles. The van der Waals surface area contributed by atoms with E-state index in [9.17, 15) is 0 Å². The zero-order chi connectivity index (χ0) is 40.7. The molecule has 0 fully saturated rings. The maximum absolute atomic E-state index is 6.53. The molecule has 10 aromatic rings. The highest BCUT2D eigenvalue weighted by Crippen LogP contribution is 2.57. The van der Waals surface area contributed by atoms with E-state index >= 15 is 0 Å². The molecule has 9 aromatic carbocycles. The lowest BCUT2D eigenvalue weighted by molar-refractivity contribution is 0.519. The lowest BCUT2D eigenvalue weighted by Crippen LogP contribution is -2.28. The van der Waals surface area contributed by atoms with Gasteiger partial charge in [0.15, 0.2) is 0 Å². The summed E-state index contributed by atoms with van der Waals surface area (Å²) in [6.07, 6.45) is 1.01. The van der Waals surface area contributed by atoms with Gasteiger partial charge in [-0.2, -0.15) is 0 Å². The van der Waals surface area contributed by atoms with Gasteiger partial charge in [-0.1, -0.05) is 178 Å².